The number of carbonyl (C=O) groups excluding carboxylic acids is 1. The van der Waals surface area contributed by atoms with E-state index >= 15 is 0 Å². The number of amides is 1. The Morgan fingerprint density at radius 3 is 3.05 bits per heavy atom. The lowest BCUT2D eigenvalue weighted by molar-refractivity contribution is -0.0458. The predicted octanol–water partition coefficient (Wildman–Crippen LogP) is 1.41. The number of aromatic nitrogens is 1. The highest BCUT2D eigenvalue weighted by atomic mass is 16.5. The minimum atomic E-state index is 0.111. The monoisotopic (exact) mass is 289 g/mol. The summed E-state index contributed by atoms with van der Waals surface area (Å²) in [5.74, 6) is 0.111. The molecule has 0 aliphatic carbocycles. The number of methoxy groups -OCH3 is 1. The molecule has 0 spiro atoms. The zero-order valence-electron chi connectivity index (χ0n) is 12.6. The van der Waals surface area contributed by atoms with Crippen molar-refractivity contribution in [3.8, 4) is 0 Å². The normalized spacial score (nSPS) is 26.4. The summed E-state index contributed by atoms with van der Waals surface area (Å²) in [7, 11) is 1.76. The second-order valence-corrected chi connectivity index (χ2v) is 5.94. The van der Waals surface area contributed by atoms with Gasteiger partial charge >= 0.3 is 0 Å². The number of fused-ring (bicyclic) bond motifs is 1. The fourth-order valence-corrected chi connectivity index (χ4v) is 3.44. The number of ether oxygens (including phenoxy) is 1. The first-order chi connectivity index (χ1) is 10.3. The van der Waals surface area contributed by atoms with Crippen LogP contribution in [0.3, 0.4) is 0 Å². The molecule has 3 heterocycles. The summed E-state index contributed by atoms with van der Waals surface area (Å²) in [6.45, 7) is 3.61. The Bertz CT molecular complexity index is 480. The fraction of sp³-hybridized carbons (Fsp3) is 0.625. The lowest BCUT2D eigenvalue weighted by Gasteiger charge is -2.51. The lowest BCUT2D eigenvalue weighted by Crippen LogP contribution is -2.62. The lowest BCUT2D eigenvalue weighted by atomic mass is 9.91. The van der Waals surface area contributed by atoms with Crippen LogP contribution in [0, 0.1) is 0 Å². The van der Waals surface area contributed by atoms with Crippen molar-refractivity contribution in [1.29, 1.82) is 0 Å². The molecule has 0 N–H and O–H groups in total. The molecule has 114 valence electrons. The molecule has 1 aromatic rings. The summed E-state index contributed by atoms with van der Waals surface area (Å²) in [5.41, 5.74) is 0.692. The summed E-state index contributed by atoms with van der Waals surface area (Å²) in [6.07, 6.45) is 6.70. The van der Waals surface area contributed by atoms with E-state index in [4.69, 9.17) is 4.74 Å². The Balaban J connectivity index is 1.66. The van der Waals surface area contributed by atoms with Crippen molar-refractivity contribution in [3.05, 3.63) is 30.1 Å². The molecule has 2 aliphatic heterocycles. The molecule has 1 amide bonds. The van der Waals surface area contributed by atoms with Crippen molar-refractivity contribution in [2.24, 2.45) is 0 Å². The maximum absolute atomic E-state index is 12.6. The van der Waals surface area contributed by atoms with Gasteiger partial charge < -0.3 is 9.64 Å². The van der Waals surface area contributed by atoms with E-state index in [9.17, 15) is 4.79 Å². The van der Waals surface area contributed by atoms with Gasteiger partial charge in [-0.1, -0.05) is 0 Å². The van der Waals surface area contributed by atoms with E-state index < -0.39 is 0 Å². The number of carbonyl (C=O) groups is 1. The topological polar surface area (TPSA) is 45.7 Å². The minimum absolute atomic E-state index is 0.111. The van der Waals surface area contributed by atoms with Crippen molar-refractivity contribution in [2.45, 2.75) is 31.3 Å². The maximum atomic E-state index is 12.6. The Hall–Kier alpha value is -1.46. The summed E-state index contributed by atoms with van der Waals surface area (Å²) < 4.78 is 5.28. The van der Waals surface area contributed by atoms with Gasteiger partial charge in [-0.05, 0) is 37.9 Å². The third kappa shape index (κ3) is 3.09. The third-order valence-electron chi connectivity index (χ3n) is 4.56. The molecule has 5 nitrogen and oxygen atoms in total. The Kier molecular flexibility index (Phi) is 4.51. The first-order valence-corrected chi connectivity index (χ1v) is 7.73. The highest BCUT2D eigenvalue weighted by Gasteiger charge is 2.40. The molecule has 0 saturated carbocycles. The van der Waals surface area contributed by atoms with Gasteiger partial charge in [-0.2, -0.15) is 0 Å². The first-order valence-electron chi connectivity index (χ1n) is 7.73. The van der Waals surface area contributed by atoms with Crippen molar-refractivity contribution >= 4 is 5.91 Å². The molecule has 2 fully saturated rings. The largest absolute Gasteiger partial charge is 0.383 e. The molecule has 2 atom stereocenters. The molecule has 3 rings (SSSR count). The Morgan fingerprint density at radius 2 is 2.29 bits per heavy atom. The molecule has 2 aliphatic rings. The van der Waals surface area contributed by atoms with E-state index in [0.29, 0.717) is 17.6 Å². The van der Waals surface area contributed by atoms with Crippen LogP contribution in [-0.4, -0.2) is 66.1 Å². The van der Waals surface area contributed by atoms with Crippen LogP contribution in [0.1, 0.15) is 29.6 Å². The minimum Gasteiger partial charge on any atom is -0.383 e. The van der Waals surface area contributed by atoms with Gasteiger partial charge in [-0.15, -0.1) is 0 Å². The van der Waals surface area contributed by atoms with E-state index in [1.165, 1.54) is 0 Å². The van der Waals surface area contributed by atoms with Crippen LogP contribution in [0.5, 0.6) is 0 Å². The van der Waals surface area contributed by atoms with Gasteiger partial charge in [0.2, 0.25) is 0 Å². The van der Waals surface area contributed by atoms with Crippen LogP contribution in [0.2, 0.25) is 0 Å². The van der Waals surface area contributed by atoms with Crippen LogP contribution in [0.4, 0.5) is 0 Å². The van der Waals surface area contributed by atoms with Crippen LogP contribution in [0.25, 0.3) is 0 Å². The molecular formula is C16H23N3O2. The van der Waals surface area contributed by atoms with Crippen LogP contribution >= 0.6 is 0 Å². The summed E-state index contributed by atoms with van der Waals surface area (Å²) >= 11 is 0. The molecule has 2 saturated heterocycles. The van der Waals surface area contributed by atoms with E-state index in [1.54, 1.807) is 19.5 Å². The van der Waals surface area contributed by atoms with E-state index in [-0.39, 0.29) is 5.91 Å². The predicted molar refractivity (Wildman–Crippen MR) is 80.1 cm³/mol. The highest BCUT2D eigenvalue weighted by molar-refractivity contribution is 5.93. The van der Waals surface area contributed by atoms with Gasteiger partial charge in [0.1, 0.15) is 0 Å². The number of pyridine rings is 1. The van der Waals surface area contributed by atoms with E-state index in [1.807, 2.05) is 17.0 Å². The molecule has 0 unspecified atom stereocenters. The maximum Gasteiger partial charge on any atom is 0.255 e. The van der Waals surface area contributed by atoms with Crippen LogP contribution in [0.15, 0.2) is 24.5 Å². The molecule has 0 aromatic carbocycles. The third-order valence-corrected chi connectivity index (χ3v) is 4.56. The molecular weight excluding hydrogens is 266 g/mol. The average Bonchev–Trinajstić information content (AvgIpc) is 2.50. The van der Waals surface area contributed by atoms with Crippen LogP contribution < -0.4 is 0 Å². The molecule has 0 bridgehead atoms. The highest BCUT2D eigenvalue weighted by Crippen LogP contribution is 2.29. The number of hydrogen-bond acceptors (Lipinski definition) is 4. The summed E-state index contributed by atoms with van der Waals surface area (Å²) in [6, 6.07) is 4.70. The Labute approximate surface area is 125 Å². The summed E-state index contributed by atoms with van der Waals surface area (Å²) in [5, 5.41) is 0. The number of rotatable bonds is 3. The smallest absolute Gasteiger partial charge is 0.255 e. The van der Waals surface area contributed by atoms with Gasteiger partial charge in [0.05, 0.1) is 12.2 Å². The van der Waals surface area contributed by atoms with E-state index in [0.717, 1.165) is 45.5 Å². The zero-order chi connectivity index (χ0) is 14.7. The van der Waals surface area contributed by atoms with Crippen molar-refractivity contribution in [1.82, 2.24) is 14.8 Å². The molecule has 0 radical (unpaired) electrons. The molecule has 5 heteroatoms. The van der Waals surface area contributed by atoms with Crippen molar-refractivity contribution in [2.75, 3.05) is 33.4 Å². The number of nitrogens with zero attached hydrogens (tertiary/aromatic N) is 3. The van der Waals surface area contributed by atoms with Gasteiger partial charge in [0.25, 0.3) is 5.91 Å². The van der Waals surface area contributed by atoms with E-state index in [2.05, 4.69) is 9.88 Å². The van der Waals surface area contributed by atoms with Crippen LogP contribution in [-0.2, 0) is 4.74 Å². The second-order valence-electron chi connectivity index (χ2n) is 5.94. The van der Waals surface area contributed by atoms with Gasteiger partial charge in [0, 0.05) is 44.7 Å². The fourth-order valence-electron chi connectivity index (χ4n) is 3.44. The number of hydrogen-bond donors (Lipinski definition) is 0. The SMILES string of the molecule is COC[C@@H]1C[C@@H]2CN(C(=O)c3cccnc3)CCCCN12. The van der Waals surface area contributed by atoms with Gasteiger partial charge in [0.15, 0.2) is 0 Å². The zero-order valence-corrected chi connectivity index (χ0v) is 12.6. The Morgan fingerprint density at radius 1 is 1.43 bits per heavy atom. The van der Waals surface area contributed by atoms with Crippen molar-refractivity contribution in [3.63, 3.8) is 0 Å². The van der Waals surface area contributed by atoms with Gasteiger partial charge in [-0.3, -0.25) is 14.7 Å². The standard InChI is InChI=1S/C16H23N3O2/c1-21-12-15-9-14-11-18(7-2-3-8-19(14)15)16(20)13-5-4-6-17-10-13/h4-6,10,14-15H,2-3,7-9,11-12H2,1H3/t14-,15+/m1/s1. The second kappa shape index (κ2) is 6.54. The average molecular weight is 289 g/mol. The quantitative estimate of drug-likeness (QED) is 0.844. The molecule has 21 heavy (non-hydrogen) atoms. The first kappa shape index (κ1) is 14.5. The summed E-state index contributed by atoms with van der Waals surface area (Å²) in [4.78, 5) is 21.1. The molecule has 1 aromatic heterocycles. The van der Waals surface area contributed by atoms with Gasteiger partial charge in [-0.25, -0.2) is 0 Å². The van der Waals surface area contributed by atoms with Crippen molar-refractivity contribution < 1.29 is 9.53 Å².